The van der Waals surface area contributed by atoms with E-state index >= 15 is 0 Å². The average Bonchev–Trinajstić information content (AvgIpc) is 2.83. The van der Waals surface area contributed by atoms with Gasteiger partial charge < -0.3 is 4.98 Å². The van der Waals surface area contributed by atoms with Gasteiger partial charge >= 0.3 is 0 Å². The van der Waals surface area contributed by atoms with Crippen molar-refractivity contribution in [1.82, 2.24) is 14.9 Å². The summed E-state index contributed by atoms with van der Waals surface area (Å²) >= 11 is 0. The van der Waals surface area contributed by atoms with E-state index in [1.165, 1.54) is 30.3 Å². The molecule has 0 aliphatic carbocycles. The Kier molecular flexibility index (Phi) is 3.15. The van der Waals surface area contributed by atoms with Gasteiger partial charge in [-0.25, -0.2) is 4.98 Å². The van der Waals surface area contributed by atoms with Crippen LogP contribution in [0.3, 0.4) is 0 Å². The zero-order valence-corrected chi connectivity index (χ0v) is 10.8. The van der Waals surface area contributed by atoms with Gasteiger partial charge in [0.05, 0.1) is 0 Å². The molecule has 0 unspecified atom stereocenters. The van der Waals surface area contributed by atoms with Crippen LogP contribution in [0.25, 0.3) is 11.0 Å². The fourth-order valence-corrected chi connectivity index (χ4v) is 2.60. The molecular weight excluding hydrogens is 222 g/mol. The number of rotatable bonds is 3. The molecule has 0 aromatic carbocycles. The lowest BCUT2D eigenvalue weighted by Gasteiger charge is -2.25. The molecule has 3 heteroatoms. The third kappa shape index (κ3) is 2.18. The number of nitrogens with zero attached hydrogens (tertiary/aromatic N) is 2. The number of aromatic nitrogens is 2. The predicted octanol–water partition coefficient (Wildman–Crippen LogP) is 3.11. The molecule has 0 bridgehead atoms. The highest BCUT2D eigenvalue weighted by molar-refractivity contribution is 5.79. The maximum Gasteiger partial charge on any atom is 0.137 e. The van der Waals surface area contributed by atoms with Crippen molar-refractivity contribution in [3.8, 4) is 0 Å². The fraction of sp³-hybridized carbons (Fsp3) is 0.400. The SMILES string of the molecule is CCC1=CCN(Cc2c[nH]c3ncccc23)CC1. The van der Waals surface area contributed by atoms with Crippen molar-refractivity contribution >= 4 is 11.0 Å². The summed E-state index contributed by atoms with van der Waals surface area (Å²) in [5, 5.41) is 1.25. The topological polar surface area (TPSA) is 31.9 Å². The van der Waals surface area contributed by atoms with Crippen molar-refractivity contribution in [2.45, 2.75) is 26.3 Å². The van der Waals surface area contributed by atoms with E-state index in [2.05, 4.69) is 40.1 Å². The molecule has 0 saturated heterocycles. The number of hydrogen-bond donors (Lipinski definition) is 1. The smallest absolute Gasteiger partial charge is 0.137 e. The van der Waals surface area contributed by atoms with Gasteiger partial charge in [-0.2, -0.15) is 0 Å². The second kappa shape index (κ2) is 4.94. The number of nitrogens with one attached hydrogen (secondary N) is 1. The minimum atomic E-state index is 0.995. The lowest BCUT2D eigenvalue weighted by molar-refractivity contribution is 0.285. The summed E-state index contributed by atoms with van der Waals surface area (Å²) in [6, 6.07) is 4.15. The van der Waals surface area contributed by atoms with E-state index in [4.69, 9.17) is 0 Å². The molecule has 3 rings (SSSR count). The summed E-state index contributed by atoms with van der Waals surface area (Å²) in [6.45, 7) is 5.51. The zero-order valence-electron chi connectivity index (χ0n) is 10.8. The predicted molar refractivity (Wildman–Crippen MR) is 74.4 cm³/mol. The number of pyridine rings is 1. The van der Waals surface area contributed by atoms with E-state index in [0.717, 1.165) is 18.7 Å². The summed E-state index contributed by atoms with van der Waals surface area (Å²) in [4.78, 5) is 10.1. The number of hydrogen-bond acceptors (Lipinski definition) is 2. The van der Waals surface area contributed by atoms with Gasteiger partial charge in [0, 0.05) is 37.4 Å². The monoisotopic (exact) mass is 241 g/mol. The van der Waals surface area contributed by atoms with E-state index in [9.17, 15) is 0 Å². The highest BCUT2D eigenvalue weighted by Gasteiger charge is 2.13. The molecule has 18 heavy (non-hydrogen) atoms. The maximum atomic E-state index is 4.33. The molecule has 2 aromatic heterocycles. The summed E-state index contributed by atoms with van der Waals surface area (Å²) in [7, 11) is 0. The molecule has 0 atom stereocenters. The largest absolute Gasteiger partial charge is 0.346 e. The first-order valence-electron chi connectivity index (χ1n) is 6.68. The van der Waals surface area contributed by atoms with Crippen LogP contribution >= 0.6 is 0 Å². The lowest BCUT2D eigenvalue weighted by Crippen LogP contribution is -2.28. The minimum absolute atomic E-state index is 0.995. The molecule has 0 saturated carbocycles. The maximum absolute atomic E-state index is 4.33. The Labute approximate surface area is 108 Å². The zero-order chi connectivity index (χ0) is 12.4. The van der Waals surface area contributed by atoms with Crippen molar-refractivity contribution in [1.29, 1.82) is 0 Å². The normalized spacial score (nSPS) is 17.1. The molecule has 1 aliphatic heterocycles. The molecule has 2 aromatic rings. The Bertz CT molecular complexity index is 568. The van der Waals surface area contributed by atoms with Crippen molar-refractivity contribution < 1.29 is 0 Å². The number of fused-ring (bicyclic) bond motifs is 1. The molecule has 3 nitrogen and oxygen atoms in total. The molecule has 3 heterocycles. The molecular formula is C15H19N3. The molecule has 1 N–H and O–H groups in total. The fourth-order valence-electron chi connectivity index (χ4n) is 2.60. The molecule has 1 aliphatic rings. The van der Waals surface area contributed by atoms with Crippen LogP contribution in [0.4, 0.5) is 0 Å². The quantitative estimate of drug-likeness (QED) is 0.837. The van der Waals surface area contributed by atoms with Crippen LogP contribution < -0.4 is 0 Å². The summed E-state index contributed by atoms with van der Waals surface area (Å²) in [5.74, 6) is 0. The van der Waals surface area contributed by atoms with E-state index in [1.807, 2.05) is 12.3 Å². The van der Waals surface area contributed by atoms with Crippen molar-refractivity contribution in [2.24, 2.45) is 0 Å². The van der Waals surface area contributed by atoms with Crippen LogP contribution in [0.2, 0.25) is 0 Å². The van der Waals surface area contributed by atoms with Gasteiger partial charge in [0.15, 0.2) is 0 Å². The second-order valence-electron chi connectivity index (χ2n) is 4.91. The van der Waals surface area contributed by atoms with E-state index in [1.54, 1.807) is 5.57 Å². The van der Waals surface area contributed by atoms with Gasteiger partial charge in [-0.15, -0.1) is 0 Å². The first kappa shape index (κ1) is 11.5. The Morgan fingerprint density at radius 3 is 3.17 bits per heavy atom. The van der Waals surface area contributed by atoms with Crippen molar-refractivity contribution in [2.75, 3.05) is 13.1 Å². The van der Waals surface area contributed by atoms with E-state index in [0.29, 0.717) is 0 Å². The van der Waals surface area contributed by atoms with Gasteiger partial charge in [-0.05, 0) is 30.5 Å². The van der Waals surface area contributed by atoms with Crippen LogP contribution in [0, 0.1) is 0 Å². The van der Waals surface area contributed by atoms with Crippen LogP contribution in [0.1, 0.15) is 25.3 Å². The van der Waals surface area contributed by atoms with Crippen LogP contribution in [-0.4, -0.2) is 28.0 Å². The van der Waals surface area contributed by atoms with Gasteiger partial charge in [0.1, 0.15) is 5.65 Å². The first-order chi connectivity index (χ1) is 8.86. The Hall–Kier alpha value is -1.61. The second-order valence-corrected chi connectivity index (χ2v) is 4.91. The number of H-pyrrole nitrogens is 1. The third-order valence-electron chi connectivity index (χ3n) is 3.77. The summed E-state index contributed by atoms with van der Waals surface area (Å²) in [6.07, 6.45) is 8.73. The first-order valence-corrected chi connectivity index (χ1v) is 6.68. The highest BCUT2D eigenvalue weighted by Crippen LogP contribution is 2.20. The lowest BCUT2D eigenvalue weighted by atomic mass is 10.1. The molecule has 0 spiro atoms. The standard InChI is InChI=1S/C15H19N3/c1-2-12-5-8-18(9-6-12)11-13-10-17-15-14(13)4-3-7-16-15/h3-5,7,10H,2,6,8-9,11H2,1H3,(H,16,17). The van der Waals surface area contributed by atoms with Gasteiger partial charge in [-0.3, -0.25) is 4.90 Å². The molecule has 0 radical (unpaired) electrons. The molecule has 0 fully saturated rings. The van der Waals surface area contributed by atoms with Gasteiger partial charge in [0.25, 0.3) is 0 Å². The van der Waals surface area contributed by atoms with Crippen LogP contribution in [0.15, 0.2) is 36.2 Å². The Morgan fingerprint density at radius 2 is 2.39 bits per heavy atom. The highest BCUT2D eigenvalue weighted by atomic mass is 15.1. The average molecular weight is 241 g/mol. The summed E-state index contributed by atoms with van der Waals surface area (Å²) < 4.78 is 0. The van der Waals surface area contributed by atoms with E-state index in [-0.39, 0.29) is 0 Å². The number of aromatic amines is 1. The minimum Gasteiger partial charge on any atom is -0.346 e. The van der Waals surface area contributed by atoms with Gasteiger partial charge in [0.2, 0.25) is 0 Å². The van der Waals surface area contributed by atoms with Crippen LogP contribution in [0.5, 0.6) is 0 Å². The van der Waals surface area contributed by atoms with Gasteiger partial charge in [-0.1, -0.05) is 18.6 Å². The molecule has 94 valence electrons. The third-order valence-corrected chi connectivity index (χ3v) is 3.77. The Morgan fingerprint density at radius 1 is 1.44 bits per heavy atom. The molecule has 0 amide bonds. The Balaban J connectivity index is 1.76. The summed E-state index contributed by atoms with van der Waals surface area (Å²) in [5.41, 5.74) is 3.95. The van der Waals surface area contributed by atoms with E-state index < -0.39 is 0 Å². The van der Waals surface area contributed by atoms with Crippen LogP contribution in [-0.2, 0) is 6.54 Å². The van der Waals surface area contributed by atoms with Crippen molar-refractivity contribution in [3.05, 3.63) is 41.7 Å². The van der Waals surface area contributed by atoms with Crippen molar-refractivity contribution in [3.63, 3.8) is 0 Å².